The lowest BCUT2D eigenvalue weighted by Gasteiger charge is -1.97. The lowest BCUT2D eigenvalue weighted by Crippen LogP contribution is -1.90. The fourth-order valence-electron chi connectivity index (χ4n) is 0.334. The Morgan fingerprint density at radius 2 is 2.67 bits per heavy atom. The lowest BCUT2D eigenvalue weighted by atomic mass is 10.5. The molecule has 0 spiro atoms. The lowest BCUT2D eigenvalue weighted by molar-refractivity contribution is 1.36. The van der Waals surface area contributed by atoms with Gasteiger partial charge in [-0.05, 0) is 0 Å². The SMILES string of the molecule is [CH]1C=NCSC1. The average Bonchev–Trinajstić information content (AvgIpc) is 1.72. The molecule has 0 bridgehead atoms. The highest BCUT2D eigenvalue weighted by atomic mass is 32.2. The summed E-state index contributed by atoms with van der Waals surface area (Å²) >= 11 is 1.84. The van der Waals surface area contributed by atoms with Gasteiger partial charge in [-0.1, -0.05) is 0 Å². The molecule has 1 rings (SSSR count). The van der Waals surface area contributed by atoms with Gasteiger partial charge in [-0.15, -0.1) is 11.8 Å². The maximum atomic E-state index is 3.96. The van der Waals surface area contributed by atoms with E-state index < -0.39 is 0 Å². The van der Waals surface area contributed by atoms with Crippen LogP contribution in [-0.4, -0.2) is 17.8 Å². The van der Waals surface area contributed by atoms with Crippen molar-refractivity contribution in [3.05, 3.63) is 6.42 Å². The second-order valence-corrected chi connectivity index (χ2v) is 2.07. The molecule has 0 atom stereocenters. The molecule has 0 aromatic rings. The number of aliphatic imine (C=N–C) groups is 1. The molecule has 0 fully saturated rings. The summed E-state index contributed by atoms with van der Waals surface area (Å²) in [6, 6.07) is 0. The number of hydrogen-bond donors (Lipinski definition) is 0. The zero-order chi connectivity index (χ0) is 4.24. The minimum atomic E-state index is 0.955. The van der Waals surface area contributed by atoms with E-state index in [4.69, 9.17) is 0 Å². The van der Waals surface area contributed by atoms with Crippen LogP contribution in [0.15, 0.2) is 4.99 Å². The van der Waals surface area contributed by atoms with Crippen LogP contribution in [0.25, 0.3) is 0 Å². The molecule has 1 radical (unpaired) electrons. The van der Waals surface area contributed by atoms with Gasteiger partial charge in [0, 0.05) is 18.4 Å². The van der Waals surface area contributed by atoms with Crippen molar-refractivity contribution in [2.45, 2.75) is 0 Å². The molecular formula is C4H6NS. The summed E-state index contributed by atoms with van der Waals surface area (Å²) < 4.78 is 0. The topological polar surface area (TPSA) is 12.4 Å². The third kappa shape index (κ3) is 1.01. The van der Waals surface area contributed by atoms with Crippen LogP contribution in [-0.2, 0) is 0 Å². The third-order valence-electron chi connectivity index (χ3n) is 0.591. The summed E-state index contributed by atoms with van der Waals surface area (Å²) in [4.78, 5) is 3.96. The highest BCUT2D eigenvalue weighted by molar-refractivity contribution is 7.99. The second kappa shape index (κ2) is 2.24. The minimum absolute atomic E-state index is 0.955. The Morgan fingerprint density at radius 3 is 2.83 bits per heavy atom. The van der Waals surface area contributed by atoms with E-state index in [-0.39, 0.29) is 0 Å². The highest BCUT2D eigenvalue weighted by Gasteiger charge is 1.88. The van der Waals surface area contributed by atoms with Crippen LogP contribution in [0, 0.1) is 6.42 Å². The van der Waals surface area contributed by atoms with Crippen LogP contribution in [0.5, 0.6) is 0 Å². The smallest absolute Gasteiger partial charge is 0.0840 e. The first-order valence-electron chi connectivity index (χ1n) is 1.89. The van der Waals surface area contributed by atoms with Gasteiger partial charge in [0.05, 0.1) is 5.88 Å². The first kappa shape index (κ1) is 4.19. The fourth-order valence-corrected chi connectivity index (χ4v) is 0.853. The quantitative estimate of drug-likeness (QED) is 0.441. The molecule has 6 heavy (non-hydrogen) atoms. The summed E-state index contributed by atoms with van der Waals surface area (Å²) in [5, 5.41) is 0. The van der Waals surface area contributed by atoms with Crippen molar-refractivity contribution in [3.8, 4) is 0 Å². The van der Waals surface area contributed by atoms with E-state index in [1.165, 1.54) is 0 Å². The molecule has 33 valence electrons. The Balaban J connectivity index is 2.26. The Hall–Kier alpha value is 0.0200. The van der Waals surface area contributed by atoms with Gasteiger partial charge in [0.25, 0.3) is 0 Å². The molecule has 0 unspecified atom stereocenters. The van der Waals surface area contributed by atoms with Crippen LogP contribution >= 0.6 is 11.8 Å². The molecule has 0 saturated heterocycles. The second-order valence-electron chi connectivity index (χ2n) is 1.07. The highest BCUT2D eigenvalue weighted by Crippen LogP contribution is 2.03. The Bertz CT molecular complexity index is 52.6. The van der Waals surface area contributed by atoms with E-state index in [0.717, 1.165) is 11.6 Å². The molecule has 1 nitrogen and oxygen atoms in total. The van der Waals surface area contributed by atoms with E-state index in [0.29, 0.717) is 0 Å². The van der Waals surface area contributed by atoms with E-state index in [1.807, 2.05) is 18.0 Å². The Labute approximate surface area is 41.8 Å². The molecule has 0 N–H and O–H groups in total. The van der Waals surface area contributed by atoms with Crippen molar-refractivity contribution in [2.24, 2.45) is 4.99 Å². The molecule has 0 aromatic heterocycles. The molecule has 0 amide bonds. The average molecular weight is 100 g/mol. The Kier molecular flexibility index (Phi) is 1.56. The molecule has 0 aromatic carbocycles. The van der Waals surface area contributed by atoms with Crippen LogP contribution in [0.2, 0.25) is 0 Å². The molecule has 0 saturated carbocycles. The van der Waals surface area contributed by atoms with Crippen LogP contribution in [0.3, 0.4) is 0 Å². The van der Waals surface area contributed by atoms with Crippen LogP contribution < -0.4 is 0 Å². The molecule has 1 aliphatic heterocycles. The summed E-state index contributed by atoms with van der Waals surface area (Å²) in [6.45, 7) is 0. The first-order valence-corrected chi connectivity index (χ1v) is 3.05. The van der Waals surface area contributed by atoms with Gasteiger partial charge in [0.2, 0.25) is 0 Å². The van der Waals surface area contributed by atoms with Crippen molar-refractivity contribution in [1.29, 1.82) is 0 Å². The molecule has 1 heterocycles. The van der Waals surface area contributed by atoms with Gasteiger partial charge in [-0.3, -0.25) is 4.99 Å². The maximum absolute atomic E-state index is 3.96. The zero-order valence-corrected chi connectivity index (χ0v) is 4.24. The molecule has 0 aliphatic carbocycles. The fraction of sp³-hybridized carbons (Fsp3) is 0.500. The van der Waals surface area contributed by atoms with Gasteiger partial charge < -0.3 is 0 Å². The summed E-state index contributed by atoms with van der Waals surface area (Å²) in [7, 11) is 0. The number of hydrogen-bond acceptors (Lipinski definition) is 2. The summed E-state index contributed by atoms with van der Waals surface area (Å²) in [5.41, 5.74) is 0. The predicted octanol–water partition coefficient (Wildman–Crippen LogP) is 0.966. The van der Waals surface area contributed by atoms with E-state index >= 15 is 0 Å². The minimum Gasteiger partial charge on any atom is -0.286 e. The van der Waals surface area contributed by atoms with Crippen molar-refractivity contribution < 1.29 is 0 Å². The molecule has 1 aliphatic rings. The van der Waals surface area contributed by atoms with Gasteiger partial charge in [-0.2, -0.15) is 0 Å². The van der Waals surface area contributed by atoms with E-state index in [1.54, 1.807) is 0 Å². The number of rotatable bonds is 0. The van der Waals surface area contributed by atoms with Gasteiger partial charge in [0.1, 0.15) is 0 Å². The normalized spacial score (nSPS) is 21.3. The van der Waals surface area contributed by atoms with E-state index in [2.05, 4.69) is 11.4 Å². The van der Waals surface area contributed by atoms with Crippen molar-refractivity contribution in [2.75, 3.05) is 11.6 Å². The largest absolute Gasteiger partial charge is 0.286 e. The van der Waals surface area contributed by atoms with Gasteiger partial charge >= 0.3 is 0 Å². The molecule has 2 heteroatoms. The third-order valence-corrected chi connectivity index (χ3v) is 1.35. The van der Waals surface area contributed by atoms with Crippen LogP contribution in [0.1, 0.15) is 0 Å². The van der Waals surface area contributed by atoms with Crippen molar-refractivity contribution in [3.63, 3.8) is 0 Å². The molecular weight excluding hydrogens is 94.1 g/mol. The van der Waals surface area contributed by atoms with Gasteiger partial charge in [-0.25, -0.2) is 0 Å². The number of thioether (sulfide) groups is 1. The van der Waals surface area contributed by atoms with Crippen molar-refractivity contribution in [1.82, 2.24) is 0 Å². The summed E-state index contributed by atoms with van der Waals surface area (Å²) in [6.07, 6.45) is 3.94. The predicted molar refractivity (Wildman–Crippen MR) is 30.1 cm³/mol. The van der Waals surface area contributed by atoms with Gasteiger partial charge in [0.15, 0.2) is 0 Å². The monoisotopic (exact) mass is 100 g/mol. The standard InChI is InChI=1S/C4H6NS/c1-2-5-4-6-3-1/h1-2H,3-4H2. The van der Waals surface area contributed by atoms with Crippen molar-refractivity contribution >= 4 is 18.0 Å². The first-order chi connectivity index (χ1) is 3.00. The van der Waals surface area contributed by atoms with Crippen LogP contribution in [0.4, 0.5) is 0 Å². The maximum Gasteiger partial charge on any atom is 0.0840 e. The number of nitrogens with zero attached hydrogens (tertiary/aromatic N) is 1. The zero-order valence-electron chi connectivity index (χ0n) is 3.42. The van der Waals surface area contributed by atoms with E-state index in [9.17, 15) is 0 Å². The summed E-state index contributed by atoms with van der Waals surface area (Å²) in [5.74, 6) is 2.10. The Morgan fingerprint density at radius 1 is 1.67 bits per heavy atom.